The van der Waals surface area contributed by atoms with Gasteiger partial charge in [-0.3, -0.25) is 0 Å². The summed E-state index contributed by atoms with van der Waals surface area (Å²) in [5, 5.41) is 2.99. The molecule has 214 valence electrons. The van der Waals surface area contributed by atoms with Gasteiger partial charge in [-0.25, -0.2) is 0 Å². The largest absolute Gasteiger partial charge is 0 e. The maximum Gasteiger partial charge on any atom is 0 e. The molecule has 4 rings (SSSR count). The van der Waals surface area contributed by atoms with Crippen molar-refractivity contribution in [2.45, 2.75) is 27.7 Å². The molecule has 0 aliphatic carbocycles. The van der Waals surface area contributed by atoms with Gasteiger partial charge in [0.05, 0.1) is 0 Å². The van der Waals surface area contributed by atoms with Crippen molar-refractivity contribution in [1.29, 1.82) is 0 Å². The van der Waals surface area contributed by atoms with Gasteiger partial charge in [0.1, 0.15) is 0 Å². The Kier molecular flexibility index (Phi) is 36.3. The van der Waals surface area contributed by atoms with Gasteiger partial charge in [0.15, 0.2) is 0 Å². The second-order valence-corrected chi connectivity index (χ2v) is 9.58. The van der Waals surface area contributed by atoms with E-state index in [0.717, 1.165) is 16.4 Å². The van der Waals surface area contributed by atoms with E-state index in [2.05, 4.69) is 140 Å². The van der Waals surface area contributed by atoms with E-state index in [-0.39, 0.29) is 34.1 Å². The molecule has 0 saturated carbocycles. The molecule has 6 nitrogen and oxygen atoms in total. The van der Waals surface area contributed by atoms with E-state index in [0.29, 0.717) is 0 Å². The Hall–Kier alpha value is -2.78. The van der Waals surface area contributed by atoms with Crippen molar-refractivity contribution in [3.05, 3.63) is 156 Å². The quantitative estimate of drug-likeness (QED) is 0.0908. The minimum Gasteiger partial charge on any atom is 0 e. The van der Waals surface area contributed by atoms with E-state index in [4.69, 9.17) is 27.9 Å². The van der Waals surface area contributed by atoms with E-state index >= 15 is 0 Å². The molecule has 0 fully saturated rings. The summed E-state index contributed by atoms with van der Waals surface area (Å²) in [4.78, 5) is 0. The molecule has 0 amide bonds. The maximum atomic E-state index is 7.50. The molecule has 4 aromatic rings. The first-order valence-electron chi connectivity index (χ1n) is 11.0. The summed E-state index contributed by atoms with van der Waals surface area (Å²) in [5.74, 6) is 4.80. The minimum atomic E-state index is 0. The SMILES string of the molecule is Cc1c[pH]c(/C(=C(\c2ccccc2)c2[pH]cc(C)c2C)c2ccccc2)c1C.[C-]#[O+].[C-]#[O+].[C-]#[O+].[C-]#[O+].[C-]#[O+].[C-]#[O+].[Mn].[Mn]. The molecular formula is C32H26Mn2O6P2. The van der Waals surface area contributed by atoms with Crippen LogP contribution in [0.25, 0.3) is 11.1 Å². The fraction of sp³-hybridized carbons (Fsp3) is 0.125. The van der Waals surface area contributed by atoms with Gasteiger partial charge < -0.3 is 0 Å². The standard InChI is InChI=1S/C26H26P2.6CO.2Mn/c1-17-15-27-25(19(17)3)23(21-11-7-5-8-12-21)24(22-13-9-6-10-14-22)26-20(4)18(2)16-28-26;6*1-2;;/h5-16,27-28H,1-4H3;;;;;;;;/b24-23+;;;;;;;;. The number of hydrogen-bond acceptors (Lipinski definition) is 0. The van der Waals surface area contributed by atoms with Gasteiger partial charge in [-0.15, -0.1) is 16.4 Å². The topological polar surface area (TPSA) is 119 Å². The molecule has 0 N–H and O–H groups in total. The Morgan fingerprint density at radius 2 is 0.690 bits per heavy atom. The fourth-order valence-electron chi connectivity index (χ4n) is 3.74. The van der Waals surface area contributed by atoms with E-state index in [9.17, 15) is 0 Å². The van der Waals surface area contributed by atoms with Crippen LogP contribution < -0.4 is 0 Å². The predicted octanol–water partition coefficient (Wildman–Crippen LogP) is 7.76. The molecule has 2 aromatic carbocycles. The van der Waals surface area contributed by atoms with Gasteiger partial charge in [0, 0.05) is 55.9 Å². The van der Waals surface area contributed by atoms with Crippen LogP contribution in [0.4, 0.5) is 0 Å². The second-order valence-electron chi connectivity index (χ2n) is 7.43. The molecule has 42 heavy (non-hydrogen) atoms. The summed E-state index contributed by atoms with van der Waals surface area (Å²) in [6.45, 7) is 36.1. The van der Waals surface area contributed by atoms with Crippen LogP contribution in [0.15, 0.2) is 72.3 Å². The number of aryl methyl sites for hydroxylation is 2. The summed E-state index contributed by atoms with van der Waals surface area (Å²) >= 11 is 0. The van der Waals surface area contributed by atoms with E-state index in [1.165, 1.54) is 55.1 Å². The van der Waals surface area contributed by atoms with Crippen LogP contribution in [0.3, 0.4) is 0 Å². The van der Waals surface area contributed by atoms with Crippen LogP contribution in [-0.4, -0.2) is 0 Å². The van der Waals surface area contributed by atoms with Crippen LogP contribution in [0.2, 0.25) is 0 Å². The molecule has 2 aromatic heterocycles. The zero-order valence-electron chi connectivity index (χ0n) is 23.1. The predicted molar refractivity (Wildman–Crippen MR) is 152 cm³/mol. The molecule has 0 aliphatic rings. The summed E-state index contributed by atoms with van der Waals surface area (Å²) in [7, 11) is 1.46. The van der Waals surface area contributed by atoms with Crippen molar-refractivity contribution in [1.82, 2.24) is 0 Å². The third-order valence-corrected chi connectivity index (χ3v) is 8.66. The van der Waals surface area contributed by atoms with Crippen molar-refractivity contribution >= 4 is 27.5 Å². The van der Waals surface area contributed by atoms with Crippen LogP contribution >= 0.6 is 16.4 Å². The van der Waals surface area contributed by atoms with E-state index < -0.39 is 0 Å². The normalized spacial score (nSPS) is 8.76. The molecule has 0 aliphatic heterocycles. The first-order valence-corrected chi connectivity index (χ1v) is 13.1. The molecule has 2 heterocycles. The monoisotopic (exact) mass is 678 g/mol. The Bertz CT molecular complexity index is 1290. The van der Waals surface area contributed by atoms with Gasteiger partial charge in [0.2, 0.25) is 0 Å². The fourth-order valence-corrected chi connectivity index (χ4v) is 6.55. The smallest absolute Gasteiger partial charge is 0 e. The maximum absolute atomic E-state index is 7.50. The summed E-state index contributed by atoms with van der Waals surface area (Å²) < 4.78 is 45.0. The molecule has 2 radical (unpaired) electrons. The molecule has 0 saturated heterocycles. The Morgan fingerprint density at radius 3 is 0.881 bits per heavy atom. The molecule has 10 heteroatoms. The molecule has 2 atom stereocenters. The minimum absolute atomic E-state index is 0. The van der Waals surface area contributed by atoms with Crippen molar-refractivity contribution in [2.24, 2.45) is 0 Å². The number of rotatable bonds is 4. The van der Waals surface area contributed by atoms with Crippen molar-refractivity contribution in [2.75, 3.05) is 0 Å². The Labute approximate surface area is 272 Å². The second kappa shape index (κ2) is 31.2. The van der Waals surface area contributed by atoms with Gasteiger partial charge >= 0.3 is 67.8 Å². The van der Waals surface area contributed by atoms with Crippen LogP contribution in [0.5, 0.6) is 0 Å². The number of hydrogen-bond donors (Lipinski definition) is 0. The van der Waals surface area contributed by atoms with Crippen LogP contribution in [0.1, 0.15) is 44.0 Å². The first-order chi connectivity index (χ1) is 19.6. The summed E-state index contributed by atoms with van der Waals surface area (Å²) in [6.07, 6.45) is 0. The van der Waals surface area contributed by atoms with Crippen molar-refractivity contribution in [3.8, 4) is 0 Å². The van der Waals surface area contributed by atoms with E-state index in [1.54, 1.807) is 0 Å². The average Bonchev–Trinajstić information content (AvgIpc) is 3.57. The molecular weight excluding hydrogens is 652 g/mol. The van der Waals surface area contributed by atoms with E-state index in [1.807, 2.05) is 0 Å². The molecule has 2 unspecified atom stereocenters. The third-order valence-electron chi connectivity index (χ3n) is 5.67. The third kappa shape index (κ3) is 13.9. The van der Waals surface area contributed by atoms with Crippen LogP contribution in [0, 0.1) is 67.6 Å². The zero-order chi connectivity index (χ0) is 31.7. The molecule has 0 spiro atoms. The van der Waals surface area contributed by atoms with Gasteiger partial charge in [-0.2, -0.15) is 0 Å². The Balaban J connectivity index is -0.000000292. The molecule has 0 bridgehead atoms. The number of benzene rings is 2. The average molecular weight is 678 g/mol. The van der Waals surface area contributed by atoms with Crippen molar-refractivity contribution < 1.29 is 62.1 Å². The van der Waals surface area contributed by atoms with Gasteiger partial charge in [-0.1, -0.05) is 60.7 Å². The van der Waals surface area contributed by atoms with Gasteiger partial charge in [-0.05, 0) is 72.7 Å². The zero-order valence-corrected chi connectivity index (χ0v) is 27.5. The summed E-state index contributed by atoms with van der Waals surface area (Å²) in [5.41, 5.74) is 11.2. The van der Waals surface area contributed by atoms with Gasteiger partial charge in [0.25, 0.3) is 0 Å². The Morgan fingerprint density at radius 1 is 0.452 bits per heavy atom. The van der Waals surface area contributed by atoms with Crippen LogP contribution in [-0.2, 0) is 62.1 Å². The summed E-state index contributed by atoms with van der Waals surface area (Å²) in [6, 6.07) is 21.9. The first kappa shape index (κ1) is 48.9. The van der Waals surface area contributed by atoms with Crippen molar-refractivity contribution in [3.63, 3.8) is 0 Å².